The van der Waals surface area contributed by atoms with Gasteiger partial charge in [-0.15, -0.1) is 0 Å². The molecular formula is C18H35OS+. The maximum atomic E-state index is 10.2. The minimum Gasteiger partial charge on any atom is -0.0885 e. The van der Waals surface area contributed by atoms with Gasteiger partial charge in [-0.25, -0.2) is 0 Å². The molecule has 2 heteroatoms. The van der Waals surface area contributed by atoms with Gasteiger partial charge in [0, 0.05) is 10.6 Å². The van der Waals surface area contributed by atoms with E-state index < -0.39 is 0 Å². The molecule has 0 aliphatic carbocycles. The smallest absolute Gasteiger partial charge is 0.0885 e. The molecule has 0 fully saturated rings. The quantitative estimate of drug-likeness (QED) is 0.182. The topological polar surface area (TPSA) is 17.1 Å². The Balaban J connectivity index is 3.01. The first-order valence-corrected chi connectivity index (χ1v) is 9.72. The molecule has 0 aromatic rings. The van der Waals surface area contributed by atoms with E-state index in [0.29, 0.717) is 0 Å². The van der Waals surface area contributed by atoms with Gasteiger partial charge in [-0.2, -0.15) is 0 Å². The van der Waals surface area contributed by atoms with Crippen molar-refractivity contribution in [2.24, 2.45) is 0 Å². The lowest BCUT2D eigenvalue weighted by atomic mass is 10.1. The maximum absolute atomic E-state index is 10.2. The van der Waals surface area contributed by atoms with Crippen LogP contribution in [0.2, 0.25) is 0 Å². The number of allylic oxidation sites excluding steroid dienone is 2. The standard InChI is InChI=1S/C18H35OS/c1-2-3-4-5-6-7-8-9-10-11-12-13-14-15-16-17-18-20-19/h7-8H,2-6,9-18H2,1H3/q+1. The first-order chi connectivity index (χ1) is 9.91. The molecule has 0 unspecified atom stereocenters. The van der Waals surface area contributed by atoms with E-state index in [0.717, 1.165) is 23.8 Å². The van der Waals surface area contributed by atoms with Crippen LogP contribution in [0.3, 0.4) is 0 Å². The SMILES string of the molecule is CCCCCCC=CCCCCCCCCCC[S+]=O. The molecule has 0 atom stereocenters. The Labute approximate surface area is 131 Å². The molecule has 0 aliphatic heterocycles. The molecule has 0 aromatic carbocycles. The number of hydrogen-bond donors (Lipinski definition) is 0. The summed E-state index contributed by atoms with van der Waals surface area (Å²) in [6.07, 6.45) is 23.4. The lowest BCUT2D eigenvalue weighted by Gasteiger charge is -1.99. The van der Waals surface area contributed by atoms with E-state index in [1.807, 2.05) is 0 Å². The summed E-state index contributed by atoms with van der Waals surface area (Å²) in [5, 5.41) is 0. The van der Waals surface area contributed by atoms with Gasteiger partial charge in [-0.1, -0.05) is 70.4 Å². The highest BCUT2D eigenvalue weighted by Gasteiger charge is 1.97. The van der Waals surface area contributed by atoms with E-state index in [1.165, 1.54) is 83.5 Å². The van der Waals surface area contributed by atoms with Crippen LogP contribution in [0.1, 0.15) is 96.8 Å². The van der Waals surface area contributed by atoms with E-state index in [-0.39, 0.29) is 0 Å². The third kappa shape index (κ3) is 17.8. The fourth-order valence-corrected chi connectivity index (χ4v) is 2.73. The zero-order chi connectivity index (χ0) is 14.7. The fourth-order valence-electron chi connectivity index (χ4n) is 2.41. The van der Waals surface area contributed by atoms with Gasteiger partial charge < -0.3 is 0 Å². The van der Waals surface area contributed by atoms with E-state index in [4.69, 9.17) is 0 Å². The van der Waals surface area contributed by atoms with Gasteiger partial charge >= 0.3 is 11.7 Å². The molecule has 1 nitrogen and oxygen atoms in total. The summed E-state index contributed by atoms with van der Waals surface area (Å²) >= 11 is 0.732. The van der Waals surface area contributed by atoms with Crippen LogP contribution < -0.4 is 0 Å². The summed E-state index contributed by atoms with van der Waals surface area (Å²) < 4.78 is 10.2. The van der Waals surface area contributed by atoms with Gasteiger partial charge in [0.25, 0.3) is 0 Å². The summed E-state index contributed by atoms with van der Waals surface area (Å²) in [7, 11) is 0. The normalized spacial score (nSPS) is 11.2. The number of hydrogen-bond acceptors (Lipinski definition) is 1. The first-order valence-electron chi connectivity index (χ1n) is 8.81. The average molecular weight is 300 g/mol. The van der Waals surface area contributed by atoms with Crippen molar-refractivity contribution in [1.29, 1.82) is 0 Å². The highest BCUT2D eigenvalue weighted by Crippen LogP contribution is 2.10. The van der Waals surface area contributed by atoms with Gasteiger partial charge in [0.2, 0.25) is 5.75 Å². The molecule has 0 aromatic heterocycles. The Kier molecular flexibility index (Phi) is 18.5. The molecule has 0 N–H and O–H groups in total. The summed E-state index contributed by atoms with van der Waals surface area (Å²) in [6.45, 7) is 2.27. The van der Waals surface area contributed by atoms with Crippen molar-refractivity contribution in [3.05, 3.63) is 12.2 Å². The summed E-state index contributed by atoms with van der Waals surface area (Å²) in [6, 6.07) is 0. The summed E-state index contributed by atoms with van der Waals surface area (Å²) in [5.74, 6) is 0.796. The molecule has 0 radical (unpaired) electrons. The highest BCUT2D eigenvalue weighted by molar-refractivity contribution is 7.65. The van der Waals surface area contributed by atoms with Gasteiger partial charge in [-0.3, -0.25) is 0 Å². The van der Waals surface area contributed by atoms with Gasteiger partial charge in [-0.05, 0) is 32.1 Å². The molecule has 118 valence electrons. The van der Waals surface area contributed by atoms with Crippen molar-refractivity contribution in [1.82, 2.24) is 0 Å². The second kappa shape index (κ2) is 18.8. The minimum absolute atomic E-state index is 0.732. The number of unbranched alkanes of at least 4 members (excludes halogenated alkanes) is 12. The summed E-state index contributed by atoms with van der Waals surface area (Å²) in [4.78, 5) is 0. The van der Waals surface area contributed by atoms with E-state index in [1.54, 1.807) is 0 Å². The average Bonchev–Trinajstić information content (AvgIpc) is 2.47. The van der Waals surface area contributed by atoms with Gasteiger partial charge in [0.1, 0.15) is 0 Å². The molecule has 0 amide bonds. The molecule has 20 heavy (non-hydrogen) atoms. The predicted molar refractivity (Wildman–Crippen MR) is 92.4 cm³/mol. The second-order valence-corrected chi connectivity index (χ2v) is 6.40. The zero-order valence-corrected chi connectivity index (χ0v) is 14.4. The van der Waals surface area contributed by atoms with Crippen molar-refractivity contribution in [3.63, 3.8) is 0 Å². The van der Waals surface area contributed by atoms with Crippen LogP contribution in [0.5, 0.6) is 0 Å². The lowest BCUT2D eigenvalue weighted by Crippen LogP contribution is -1.84. The van der Waals surface area contributed by atoms with E-state index in [2.05, 4.69) is 19.1 Å². The highest BCUT2D eigenvalue weighted by atomic mass is 32.1. The Hall–Kier alpha value is -0.240. The molecule has 0 aliphatic rings. The second-order valence-electron chi connectivity index (χ2n) is 5.76. The van der Waals surface area contributed by atoms with Crippen molar-refractivity contribution < 1.29 is 4.21 Å². The monoisotopic (exact) mass is 299 g/mol. The van der Waals surface area contributed by atoms with Crippen molar-refractivity contribution >= 4 is 11.7 Å². The Morgan fingerprint density at radius 3 is 1.60 bits per heavy atom. The zero-order valence-electron chi connectivity index (χ0n) is 13.6. The Morgan fingerprint density at radius 1 is 0.650 bits per heavy atom. The predicted octanol–water partition coefficient (Wildman–Crippen LogP) is 6.45. The van der Waals surface area contributed by atoms with Crippen LogP contribution in [0.4, 0.5) is 0 Å². The molecule has 0 bridgehead atoms. The van der Waals surface area contributed by atoms with Crippen molar-refractivity contribution in [2.75, 3.05) is 5.75 Å². The summed E-state index contributed by atoms with van der Waals surface area (Å²) in [5.41, 5.74) is 0. The first kappa shape index (κ1) is 19.8. The number of rotatable bonds is 16. The molecule has 0 heterocycles. The molecule has 0 saturated heterocycles. The molecule has 0 rings (SSSR count). The Bertz CT molecular complexity index is 213. The van der Waals surface area contributed by atoms with Crippen LogP contribution in [-0.4, -0.2) is 5.75 Å². The lowest BCUT2D eigenvalue weighted by molar-refractivity contribution is 0.575. The van der Waals surface area contributed by atoms with Gasteiger partial charge in [0.15, 0.2) is 0 Å². The maximum Gasteiger partial charge on any atom is 0.458 e. The van der Waals surface area contributed by atoms with Crippen LogP contribution in [-0.2, 0) is 15.9 Å². The minimum atomic E-state index is 0.732. The van der Waals surface area contributed by atoms with Crippen molar-refractivity contribution in [2.45, 2.75) is 96.8 Å². The van der Waals surface area contributed by atoms with Crippen molar-refractivity contribution in [3.8, 4) is 0 Å². The van der Waals surface area contributed by atoms with Crippen LogP contribution in [0.15, 0.2) is 12.2 Å². The molecule has 0 saturated carbocycles. The van der Waals surface area contributed by atoms with Crippen LogP contribution >= 0.6 is 0 Å². The van der Waals surface area contributed by atoms with E-state index in [9.17, 15) is 4.21 Å². The fraction of sp³-hybridized carbons (Fsp3) is 0.889. The van der Waals surface area contributed by atoms with Gasteiger partial charge in [0.05, 0.1) is 0 Å². The third-order valence-corrected chi connectivity index (χ3v) is 4.19. The molecular weight excluding hydrogens is 264 g/mol. The van der Waals surface area contributed by atoms with E-state index >= 15 is 0 Å². The molecule has 0 spiro atoms. The Morgan fingerprint density at radius 2 is 1.10 bits per heavy atom. The third-order valence-electron chi connectivity index (χ3n) is 3.74. The largest absolute Gasteiger partial charge is 0.458 e. The van der Waals surface area contributed by atoms with Crippen LogP contribution in [0.25, 0.3) is 0 Å². The van der Waals surface area contributed by atoms with Crippen LogP contribution in [0, 0.1) is 0 Å².